The molecule has 0 aliphatic carbocycles. The molecule has 1 atom stereocenters. The van der Waals surface area contributed by atoms with Crippen molar-refractivity contribution in [3.63, 3.8) is 0 Å². The summed E-state index contributed by atoms with van der Waals surface area (Å²) in [5, 5.41) is 11.4. The van der Waals surface area contributed by atoms with Crippen molar-refractivity contribution in [2.75, 3.05) is 14.2 Å². The van der Waals surface area contributed by atoms with Gasteiger partial charge in [0.05, 0.1) is 19.8 Å². The van der Waals surface area contributed by atoms with E-state index in [1.165, 1.54) is 14.2 Å². The average molecular weight is 267 g/mol. The quantitative estimate of drug-likeness (QED) is 0.811. The van der Waals surface area contributed by atoms with Crippen LogP contribution in [0.2, 0.25) is 0 Å². The molecule has 6 nitrogen and oxygen atoms in total. The number of hydrogen-bond acceptors (Lipinski definition) is 4. The van der Waals surface area contributed by atoms with Crippen molar-refractivity contribution in [1.29, 1.82) is 0 Å². The van der Waals surface area contributed by atoms with E-state index in [1.54, 1.807) is 25.1 Å². The number of hydrogen-bond donors (Lipinski definition) is 2. The topological polar surface area (TPSA) is 84.9 Å². The highest BCUT2D eigenvalue weighted by atomic mass is 16.5. The minimum Gasteiger partial charge on any atom is -0.493 e. The number of para-hydroxylation sites is 1. The van der Waals surface area contributed by atoms with Gasteiger partial charge in [-0.05, 0) is 18.6 Å². The fourth-order valence-electron chi connectivity index (χ4n) is 1.64. The summed E-state index contributed by atoms with van der Waals surface area (Å²) in [5.41, 5.74) is 0.238. The molecule has 1 rings (SSSR count). The zero-order valence-corrected chi connectivity index (χ0v) is 11.1. The Kier molecular flexibility index (Phi) is 5.17. The zero-order chi connectivity index (χ0) is 14.4. The summed E-state index contributed by atoms with van der Waals surface area (Å²) in [4.78, 5) is 23.0. The van der Waals surface area contributed by atoms with E-state index in [0.717, 1.165) is 0 Å². The maximum Gasteiger partial charge on any atom is 0.326 e. The molecule has 0 saturated heterocycles. The number of benzene rings is 1. The van der Waals surface area contributed by atoms with Gasteiger partial charge < -0.3 is 19.9 Å². The molecular formula is C13H17NO5. The molecule has 0 unspecified atom stereocenters. The monoisotopic (exact) mass is 267 g/mol. The molecule has 0 aliphatic rings. The van der Waals surface area contributed by atoms with Crippen LogP contribution in [0.4, 0.5) is 0 Å². The Bertz CT molecular complexity index is 472. The van der Waals surface area contributed by atoms with Gasteiger partial charge in [-0.3, -0.25) is 4.79 Å². The fourth-order valence-corrected chi connectivity index (χ4v) is 1.64. The van der Waals surface area contributed by atoms with Crippen LogP contribution < -0.4 is 14.8 Å². The van der Waals surface area contributed by atoms with Crippen molar-refractivity contribution in [2.24, 2.45) is 0 Å². The number of carbonyl (C=O) groups excluding carboxylic acids is 1. The van der Waals surface area contributed by atoms with Crippen LogP contribution in [0.5, 0.6) is 11.5 Å². The molecule has 0 aromatic heterocycles. The minimum absolute atomic E-state index is 0.238. The molecule has 1 amide bonds. The second-order valence-corrected chi connectivity index (χ2v) is 3.81. The van der Waals surface area contributed by atoms with Crippen LogP contribution in [0.3, 0.4) is 0 Å². The summed E-state index contributed by atoms with van der Waals surface area (Å²) in [7, 11) is 2.88. The molecule has 19 heavy (non-hydrogen) atoms. The molecular weight excluding hydrogens is 250 g/mol. The van der Waals surface area contributed by atoms with E-state index < -0.39 is 17.9 Å². The van der Waals surface area contributed by atoms with Gasteiger partial charge in [0.1, 0.15) is 6.04 Å². The zero-order valence-electron chi connectivity index (χ0n) is 11.1. The van der Waals surface area contributed by atoms with E-state index in [2.05, 4.69) is 5.32 Å². The molecule has 0 fully saturated rings. The second-order valence-electron chi connectivity index (χ2n) is 3.81. The molecule has 6 heteroatoms. The molecule has 0 saturated carbocycles. The Balaban J connectivity index is 3.02. The van der Waals surface area contributed by atoms with E-state index >= 15 is 0 Å². The first-order chi connectivity index (χ1) is 9.04. The largest absolute Gasteiger partial charge is 0.493 e. The molecule has 0 spiro atoms. The van der Waals surface area contributed by atoms with Crippen LogP contribution in [0.25, 0.3) is 0 Å². The molecule has 1 aromatic carbocycles. The summed E-state index contributed by atoms with van der Waals surface area (Å²) < 4.78 is 10.2. The van der Waals surface area contributed by atoms with Crippen molar-refractivity contribution in [2.45, 2.75) is 19.4 Å². The molecule has 0 heterocycles. The number of carboxylic acid groups (broad SMARTS) is 1. The molecule has 1 aromatic rings. The minimum atomic E-state index is -1.07. The number of rotatable bonds is 6. The first-order valence-corrected chi connectivity index (χ1v) is 5.79. The Morgan fingerprint density at radius 3 is 2.47 bits per heavy atom. The molecule has 104 valence electrons. The number of aliphatic carboxylic acids is 1. The number of carboxylic acids is 1. The molecule has 0 aliphatic heterocycles. The van der Waals surface area contributed by atoms with Gasteiger partial charge in [-0.15, -0.1) is 0 Å². The second kappa shape index (κ2) is 6.63. The van der Waals surface area contributed by atoms with Crippen molar-refractivity contribution < 1.29 is 24.2 Å². The van der Waals surface area contributed by atoms with Gasteiger partial charge in [0.15, 0.2) is 11.5 Å². The Morgan fingerprint density at radius 1 is 1.32 bits per heavy atom. The Hall–Kier alpha value is -2.24. The lowest BCUT2D eigenvalue weighted by atomic mass is 10.1. The van der Waals surface area contributed by atoms with Crippen LogP contribution in [-0.2, 0) is 4.79 Å². The maximum atomic E-state index is 12.1. The van der Waals surface area contributed by atoms with Crippen LogP contribution >= 0.6 is 0 Å². The van der Waals surface area contributed by atoms with Crippen LogP contribution in [-0.4, -0.2) is 37.2 Å². The lowest BCUT2D eigenvalue weighted by molar-refractivity contribution is -0.139. The van der Waals surface area contributed by atoms with Crippen molar-refractivity contribution in [1.82, 2.24) is 5.32 Å². The number of amides is 1. The third-order valence-corrected chi connectivity index (χ3v) is 2.66. The normalized spacial score (nSPS) is 11.5. The first-order valence-electron chi connectivity index (χ1n) is 5.79. The van der Waals surface area contributed by atoms with Crippen molar-refractivity contribution in [3.05, 3.63) is 23.8 Å². The van der Waals surface area contributed by atoms with E-state index in [0.29, 0.717) is 12.2 Å². The van der Waals surface area contributed by atoms with E-state index in [-0.39, 0.29) is 11.3 Å². The van der Waals surface area contributed by atoms with E-state index in [9.17, 15) is 9.59 Å². The average Bonchev–Trinajstić information content (AvgIpc) is 2.42. The van der Waals surface area contributed by atoms with Crippen molar-refractivity contribution in [3.8, 4) is 11.5 Å². The van der Waals surface area contributed by atoms with Crippen LogP contribution in [0.1, 0.15) is 23.7 Å². The highest BCUT2D eigenvalue weighted by Crippen LogP contribution is 2.30. The number of nitrogens with one attached hydrogen (secondary N) is 1. The Morgan fingerprint density at radius 2 is 2.00 bits per heavy atom. The smallest absolute Gasteiger partial charge is 0.326 e. The van der Waals surface area contributed by atoms with Gasteiger partial charge in [-0.25, -0.2) is 4.79 Å². The number of methoxy groups -OCH3 is 2. The third-order valence-electron chi connectivity index (χ3n) is 2.66. The standard InChI is InChI=1S/C13H17NO5/c1-4-9(13(16)17)14-12(15)8-6-5-7-10(18-2)11(8)19-3/h5-7,9H,4H2,1-3H3,(H,14,15)(H,16,17)/t9-/m1/s1. The summed E-state index contributed by atoms with van der Waals surface area (Å²) >= 11 is 0. The molecule has 0 bridgehead atoms. The molecule has 0 radical (unpaired) electrons. The Labute approximate surface area is 111 Å². The van der Waals surface area contributed by atoms with Gasteiger partial charge in [0, 0.05) is 0 Å². The first kappa shape index (κ1) is 14.8. The van der Waals surface area contributed by atoms with E-state index in [4.69, 9.17) is 14.6 Å². The predicted molar refractivity (Wildman–Crippen MR) is 68.7 cm³/mol. The number of carbonyl (C=O) groups is 2. The summed E-state index contributed by atoms with van der Waals surface area (Å²) in [6, 6.07) is 3.91. The van der Waals surface area contributed by atoms with Gasteiger partial charge >= 0.3 is 5.97 Å². The third kappa shape index (κ3) is 3.37. The van der Waals surface area contributed by atoms with Crippen LogP contribution in [0.15, 0.2) is 18.2 Å². The highest BCUT2D eigenvalue weighted by Gasteiger charge is 2.22. The molecule has 2 N–H and O–H groups in total. The fraction of sp³-hybridized carbons (Fsp3) is 0.385. The highest BCUT2D eigenvalue weighted by molar-refractivity contribution is 5.99. The summed E-state index contributed by atoms with van der Waals surface area (Å²) in [6.45, 7) is 1.68. The van der Waals surface area contributed by atoms with Gasteiger partial charge in [0.2, 0.25) is 0 Å². The summed E-state index contributed by atoms with van der Waals surface area (Å²) in [6.07, 6.45) is 0.299. The van der Waals surface area contributed by atoms with E-state index in [1.807, 2.05) is 0 Å². The van der Waals surface area contributed by atoms with Crippen molar-refractivity contribution >= 4 is 11.9 Å². The van der Waals surface area contributed by atoms with Gasteiger partial charge in [0.25, 0.3) is 5.91 Å². The lowest BCUT2D eigenvalue weighted by Gasteiger charge is -2.15. The predicted octanol–water partition coefficient (Wildman–Crippen LogP) is 1.30. The van der Waals surface area contributed by atoms with Crippen LogP contribution in [0, 0.1) is 0 Å². The lowest BCUT2D eigenvalue weighted by Crippen LogP contribution is -2.40. The maximum absolute atomic E-state index is 12.1. The van der Waals surface area contributed by atoms with Gasteiger partial charge in [-0.1, -0.05) is 13.0 Å². The van der Waals surface area contributed by atoms with Gasteiger partial charge in [-0.2, -0.15) is 0 Å². The summed E-state index contributed by atoms with van der Waals surface area (Å²) in [5.74, 6) is -0.885. The number of ether oxygens (including phenoxy) is 2. The SMILES string of the molecule is CC[C@@H](NC(=O)c1cccc(OC)c1OC)C(=O)O.